The highest BCUT2D eigenvalue weighted by Gasteiger charge is 2.46. The minimum atomic E-state index is -4.60. The third kappa shape index (κ3) is 30.6. The lowest BCUT2D eigenvalue weighted by atomic mass is 10.00. The molecule has 13 heteroatoms. The predicted octanol–water partition coefficient (Wildman–Crippen LogP) is 9.68. The van der Waals surface area contributed by atoms with Gasteiger partial charge in [0.05, 0.1) is 6.61 Å². The zero-order chi connectivity index (χ0) is 42.7. The quantitative estimate of drug-likeness (QED) is 0.0260. The molecule has 1 aliphatic rings. The summed E-state index contributed by atoms with van der Waals surface area (Å²) in [6.45, 7) is 3.79. The molecule has 1 rings (SSSR count). The Kier molecular flexibility index (Phi) is 34.2. The van der Waals surface area contributed by atoms with E-state index in [4.69, 9.17) is 18.9 Å². The summed E-state index contributed by atoms with van der Waals surface area (Å²) in [4.78, 5) is 25.4. The van der Waals surface area contributed by atoms with Gasteiger partial charge in [0, 0.05) is 12.8 Å². The molecule has 1 aliphatic heterocycles. The molecule has 4 N–H and O–H groups in total. The first-order chi connectivity index (χ1) is 28.0. The summed E-state index contributed by atoms with van der Waals surface area (Å²) < 4.78 is 54.1. The number of aliphatic hydroxyl groups excluding tert-OH is 3. The summed E-state index contributed by atoms with van der Waals surface area (Å²) in [5.74, 6) is -1.96. The molecule has 58 heavy (non-hydrogen) atoms. The van der Waals surface area contributed by atoms with Crippen LogP contribution in [-0.2, 0) is 38.7 Å². The molecule has 0 bridgehead atoms. The summed E-state index contributed by atoms with van der Waals surface area (Å²) in [6.07, 6.45) is 27.1. The van der Waals surface area contributed by atoms with E-state index in [1.165, 1.54) is 141 Å². The molecule has 0 aromatic rings. The molecular weight excluding hydrogens is 765 g/mol. The van der Waals surface area contributed by atoms with Gasteiger partial charge in [0.2, 0.25) is 0 Å². The fraction of sp³-hybridized carbons (Fsp3) is 0.956. The molecule has 0 saturated carbocycles. The van der Waals surface area contributed by atoms with Crippen molar-refractivity contribution in [2.24, 2.45) is 0 Å². The van der Waals surface area contributed by atoms with E-state index < -0.39 is 71.2 Å². The van der Waals surface area contributed by atoms with Gasteiger partial charge in [-0.25, -0.2) is 0 Å². The van der Waals surface area contributed by atoms with E-state index in [0.717, 1.165) is 38.5 Å². The molecule has 0 aromatic heterocycles. The Morgan fingerprint density at radius 3 is 1.26 bits per heavy atom. The van der Waals surface area contributed by atoms with E-state index in [1.54, 1.807) is 0 Å². The van der Waals surface area contributed by atoms with Gasteiger partial charge in [0.25, 0.3) is 10.1 Å². The van der Waals surface area contributed by atoms with Crippen LogP contribution in [-0.4, -0.2) is 96.0 Å². The van der Waals surface area contributed by atoms with Gasteiger partial charge in [-0.15, -0.1) is 0 Å². The molecule has 1 saturated heterocycles. The van der Waals surface area contributed by atoms with E-state index in [1.807, 2.05) is 0 Å². The first-order valence-electron chi connectivity index (χ1n) is 23.6. The second-order valence-corrected chi connectivity index (χ2v) is 18.3. The second-order valence-electron chi connectivity index (χ2n) is 16.8. The number of hydrogen-bond acceptors (Lipinski definition) is 11. The van der Waals surface area contributed by atoms with Crippen molar-refractivity contribution in [3.8, 4) is 0 Å². The van der Waals surface area contributed by atoms with Gasteiger partial charge in [0.1, 0.15) is 36.8 Å². The van der Waals surface area contributed by atoms with Crippen LogP contribution in [0.15, 0.2) is 0 Å². The lowest BCUT2D eigenvalue weighted by Crippen LogP contribution is -2.60. The third-order valence-electron chi connectivity index (χ3n) is 11.2. The van der Waals surface area contributed by atoms with Crippen molar-refractivity contribution in [2.45, 2.75) is 256 Å². The first-order valence-corrected chi connectivity index (χ1v) is 25.2. The molecule has 1 heterocycles. The molecule has 1 fully saturated rings. The molecule has 0 amide bonds. The van der Waals surface area contributed by atoms with Crippen molar-refractivity contribution in [1.82, 2.24) is 0 Å². The number of hydrogen-bond donors (Lipinski definition) is 4. The van der Waals surface area contributed by atoms with Gasteiger partial charge >= 0.3 is 11.9 Å². The average molecular weight is 851 g/mol. The largest absolute Gasteiger partial charge is 0.462 e. The number of carbonyl (C=O) groups excluding carboxylic acids is 2. The first kappa shape index (κ1) is 54.7. The van der Waals surface area contributed by atoms with Crippen LogP contribution >= 0.6 is 0 Å². The SMILES string of the molecule is CCCCCCCCCCCCCCCCCC(=O)OC[C@H](CO[C@@H]1O[C@@H](CS(=O)(=O)O)[C@@H](O)[C@@H](O)[C@H]1O)OC(=O)CCCCCCCCCCCCCCCCC. The molecule has 0 aromatic carbocycles. The highest BCUT2D eigenvalue weighted by atomic mass is 32.2. The standard InChI is InChI=1S/C45H86O12S/c1-3-5-7-9-11-13-15-17-19-21-23-25-27-29-31-33-40(46)54-35-38(36-55-45-44(50)43(49)42(48)39(57-45)37-58(51,52)53)56-41(47)34-32-30-28-26-24-22-20-18-16-14-12-10-8-6-4-2/h38-39,42-45,48-50H,3-37H2,1-2H3,(H,51,52,53)/t38-,39+,42-,43-,44-,45-/m1/s1. The summed E-state index contributed by atoms with van der Waals surface area (Å²) in [5, 5.41) is 30.9. The number of rotatable bonds is 40. The number of carbonyl (C=O) groups is 2. The van der Waals surface area contributed by atoms with E-state index in [-0.39, 0.29) is 19.4 Å². The van der Waals surface area contributed by atoms with Crippen LogP contribution in [0.5, 0.6) is 0 Å². The van der Waals surface area contributed by atoms with Gasteiger partial charge in [0.15, 0.2) is 12.4 Å². The highest BCUT2D eigenvalue weighted by molar-refractivity contribution is 7.85. The molecule has 0 unspecified atom stereocenters. The van der Waals surface area contributed by atoms with Crippen LogP contribution < -0.4 is 0 Å². The Morgan fingerprint density at radius 1 is 0.517 bits per heavy atom. The van der Waals surface area contributed by atoms with Crippen molar-refractivity contribution in [1.29, 1.82) is 0 Å². The van der Waals surface area contributed by atoms with Crippen molar-refractivity contribution in [3.63, 3.8) is 0 Å². The van der Waals surface area contributed by atoms with Gasteiger partial charge in [-0.3, -0.25) is 14.1 Å². The van der Waals surface area contributed by atoms with Gasteiger partial charge in [-0.05, 0) is 12.8 Å². The summed E-state index contributed by atoms with van der Waals surface area (Å²) in [6, 6.07) is 0. The molecule has 0 aliphatic carbocycles. The van der Waals surface area contributed by atoms with E-state index >= 15 is 0 Å². The zero-order valence-electron chi connectivity index (χ0n) is 36.7. The van der Waals surface area contributed by atoms with E-state index in [0.29, 0.717) is 12.8 Å². The molecule has 344 valence electrons. The Morgan fingerprint density at radius 2 is 0.879 bits per heavy atom. The zero-order valence-corrected chi connectivity index (χ0v) is 37.5. The maximum Gasteiger partial charge on any atom is 0.306 e. The smallest absolute Gasteiger partial charge is 0.306 e. The van der Waals surface area contributed by atoms with Crippen molar-refractivity contribution >= 4 is 22.1 Å². The lowest BCUT2D eigenvalue weighted by molar-refractivity contribution is -0.297. The summed E-state index contributed by atoms with van der Waals surface area (Å²) in [5.41, 5.74) is 0. The fourth-order valence-corrected chi connectivity index (χ4v) is 8.19. The maximum absolute atomic E-state index is 12.8. The Labute approximate surface area is 353 Å². The average Bonchev–Trinajstić information content (AvgIpc) is 3.18. The second kappa shape index (κ2) is 36.3. The van der Waals surface area contributed by atoms with Crippen molar-refractivity contribution in [3.05, 3.63) is 0 Å². The third-order valence-corrected chi connectivity index (χ3v) is 11.9. The fourth-order valence-electron chi connectivity index (χ4n) is 7.50. The molecular formula is C45H86O12S. The van der Waals surface area contributed by atoms with Crippen molar-refractivity contribution in [2.75, 3.05) is 19.0 Å². The summed E-state index contributed by atoms with van der Waals surface area (Å²) >= 11 is 0. The number of unbranched alkanes of at least 4 members (excludes halogenated alkanes) is 28. The molecule has 0 radical (unpaired) electrons. The Balaban J connectivity index is 2.41. The Bertz CT molecular complexity index is 1090. The highest BCUT2D eigenvalue weighted by Crippen LogP contribution is 2.24. The molecule has 0 spiro atoms. The van der Waals surface area contributed by atoms with E-state index in [9.17, 15) is 37.9 Å². The summed E-state index contributed by atoms with van der Waals surface area (Å²) in [7, 11) is -4.60. The van der Waals surface area contributed by atoms with Crippen LogP contribution in [0, 0.1) is 0 Å². The maximum atomic E-state index is 12.8. The van der Waals surface area contributed by atoms with Crippen LogP contribution in [0.3, 0.4) is 0 Å². The number of aliphatic hydroxyl groups is 3. The monoisotopic (exact) mass is 851 g/mol. The van der Waals surface area contributed by atoms with Crippen LogP contribution in [0.25, 0.3) is 0 Å². The lowest BCUT2D eigenvalue weighted by Gasteiger charge is -2.40. The normalized spacial score (nSPS) is 20.3. The minimum Gasteiger partial charge on any atom is -0.462 e. The number of ether oxygens (including phenoxy) is 4. The van der Waals surface area contributed by atoms with Crippen LogP contribution in [0.1, 0.15) is 219 Å². The molecule has 12 nitrogen and oxygen atoms in total. The minimum absolute atomic E-state index is 0.172. The van der Waals surface area contributed by atoms with Crippen molar-refractivity contribution < 1.29 is 56.8 Å². The Hall–Kier alpha value is -1.35. The predicted molar refractivity (Wildman–Crippen MR) is 229 cm³/mol. The number of esters is 2. The van der Waals surface area contributed by atoms with Gasteiger partial charge in [-0.2, -0.15) is 8.42 Å². The van der Waals surface area contributed by atoms with Gasteiger partial charge < -0.3 is 34.3 Å². The van der Waals surface area contributed by atoms with E-state index in [2.05, 4.69) is 13.8 Å². The van der Waals surface area contributed by atoms with Crippen LogP contribution in [0.4, 0.5) is 0 Å². The van der Waals surface area contributed by atoms with Gasteiger partial charge in [-0.1, -0.05) is 194 Å². The topological polar surface area (TPSA) is 186 Å². The van der Waals surface area contributed by atoms with Crippen LogP contribution in [0.2, 0.25) is 0 Å². The molecule has 6 atom stereocenters.